The molecule has 1 aliphatic heterocycles. The van der Waals surface area contributed by atoms with Gasteiger partial charge in [-0.15, -0.1) is 0 Å². The maximum Gasteiger partial charge on any atom is 0.257 e. The van der Waals surface area contributed by atoms with Gasteiger partial charge in [-0.3, -0.25) is 9.78 Å². The highest BCUT2D eigenvalue weighted by atomic mass is 16.3. The quantitative estimate of drug-likeness (QED) is 0.841. The van der Waals surface area contributed by atoms with Crippen molar-refractivity contribution in [2.45, 2.75) is 32.7 Å². The van der Waals surface area contributed by atoms with E-state index in [1.807, 2.05) is 43.0 Å². The fraction of sp³-hybridized carbons (Fsp3) is 0.375. The molecule has 0 saturated carbocycles. The van der Waals surface area contributed by atoms with Gasteiger partial charge in [-0.2, -0.15) is 0 Å². The Morgan fingerprint density at radius 3 is 2.90 bits per heavy atom. The fourth-order valence-electron chi connectivity index (χ4n) is 2.89. The molecule has 2 aromatic heterocycles. The summed E-state index contributed by atoms with van der Waals surface area (Å²) in [6, 6.07) is 7.76. The lowest BCUT2D eigenvalue weighted by Crippen LogP contribution is -2.31. The summed E-state index contributed by atoms with van der Waals surface area (Å²) in [5.41, 5.74) is 1.64. The predicted molar refractivity (Wildman–Crippen MR) is 75.4 cm³/mol. The van der Waals surface area contributed by atoms with E-state index in [1.165, 1.54) is 0 Å². The van der Waals surface area contributed by atoms with Gasteiger partial charge < -0.3 is 9.32 Å². The van der Waals surface area contributed by atoms with Gasteiger partial charge in [0.1, 0.15) is 11.5 Å². The van der Waals surface area contributed by atoms with Crippen LogP contribution in [0, 0.1) is 13.8 Å². The van der Waals surface area contributed by atoms with Crippen LogP contribution in [0.3, 0.4) is 0 Å². The number of carbonyl (C=O) groups is 1. The van der Waals surface area contributed by atoms with Gasteiger partial charge in [0.05, 0.1) is 17.3 Å². The molecule has 3 rings (SSSR count). The van der Waals surface area contributed by atoms with Gasteiger partial charge in [0.2, 0.25) is 0 Å². The summed E-state index contributed by atoms with van der Waals surface area (Å²) in [6.45, 7) is 4.49. The van der Waals surface area contributed by atoms with Crippen LogP contribution >= 0.6 is 0 Å². The second kappa shape index (κ2) is 5.12. The second-order valence-corrected chi connectivity index (χ2v) is 5.24. The summed E-state index contributed by atoms with van der Waals surface area (Å²) in [6.07, 6.45) is 3.77. The first-order chi connectivity index (χ1) is 9.66. The van der Waals surface area contributed by atoms with Crippen LogP contribution in [0.25, 0.3) is 0 Å². The van der Waals surface area contributed by atoms with Crippen LogP contribution in [0.2, 0.25) is 0 Å². The number of likely N-dealkylation sites (tertiary alicyclic amines) is 1. The number of aromatic nitrogens is 1. The third-order valence-electron chi connectivity index (χ3n) is 3.81. The summed E-state index contributed by atoms with van der Waals surface area (Å²) in [5.74, 6) is 1.52. The molecule has 2 aromatic rings. The standard InChI is InChI=1S/C16H18N2O2/c1-11-10-13(12(2)20-11)16(19)18-9-5-7-15(18)14-6-3-4-8-17-14/h3-4,6,8,10,15H,5,7,9H2,1-2H3/t15-/m0/s1. The highest BCUT2D eigenvalue weighted by molar-refractivity contribution is 5.95. The number of furan rings is 1. The molecule has 4 nitrogen and oxygen atoms in total. The Kier molecular flexibility index (Phi) is 3.30. The molecular formula is C16H18N2O2. The van der Waals surface area contributed by atoms with Crippen LogP contribution in [-0.2, 0) is 0 Å². The van der Waals surface area contributed by atoms with E-state index in [-0.39, 0.29) is 11.9 Å². The molecule has 1 fully saturated rings. The number of hydrogen-bond donors (Lipinski definition) is 0. The number of amides is 1. The van der Waals surface area contributed by atoms with Crippen LogP contribution in [0.1, 0.15) is 46.5 Å². The normalized spacial score (nSPS) is 18.5. The Hall–Kier alpha value is -2.10. The van der Waals surface area contributed by atoms with Crippen molar-refractivity contribution in [3.8, 4) is 0 Å². The monoisotopic (exact) mass is 270 g/mol. The van der Waals surface area contributed by atoms with E-state index in [1.54, 1.807) is 6.20 Å². The highest BCUT2D eigenvalue weighted by Gasteiger charge is 2.32. The number of aryl methyl sites for hydroxylation is 2. The van der Waals surface area contributed by atoms with Crippen molar-refractivity contribution >= 4 is 5.91 Å². The zero-order valence-corrected chi connectivity index (χ0v) is 11.8. The van der Waals surface area contributed by atoms with Gasteiger partial charge in [0.25, 0.3) is 5.91 Å². The van der Waals surface area contributed by atoms with Gasteiger partial charge >= 0.3 is 0 Å². The molecular weight excluding hydrogens is 252 g/mol. The van der Waals surface area contributed by atoms with Gasteiger partial charge in [0, 0.05) is 12.7 Å². The molecule has 1 aliphatic rings. The molecule has 3 heterocycles. The molecule has 0 N–H and O–H groups in total. The van der Waals surface area contributed by atoms with E-state index in [9.17, 15) is 4.79 Å². The first-order valence-corrected chi connectivity index (χ1v) is 6.96. The summed E-state index contributed by atoms with van der Waals surface area (Å²) in [5, 5.41) is 0. The van der Waals surface area contributed by atoms with E-state index < -0.39 is 0 Å². The Balaban J connectivity index is 1.89. The first-order valence-electron chi connectivity index (χ1n) is 6.96. The second-order valence-electron chi connectivity index (χ2n) is 5.24. The van der Waals surface area contributed by atoms with Crippen LogP contribution in [-0.4, -0.2) is 22.3 Å². The van der Waals surface area contributed by atoms with E-state index in [0.717, 1.165) is 30.8 Å². The summed E-state index contributed by atoms with van der Waals surface area (Å²) in [7, 11) is 0. The Labute approximate surface area is 118 Å². The zero-order valence-electron chi connectivity index (χ0n) is 11.8. The number of pyridine rings is 1. The number of nitrogens with zero attached hydrogens (tertiary/aromatic N) is 2. The van der Waals surface area contributed by atoms with Crippen molar-refractivity contribution in [3.05, 3.63) is 53.2 Å². The van der Waals surface area contributed by atoms with Gasteiger partial charge in [-0.1, -0.05) is 6.07 Å². The summed E-state index contributed by atoms with van der Waals surface area (Å²) in [4.78, 5) is 19.0. The average molecular weight is 270 g/mol. The minimum atomic E-state index is 0.0486. The first kappa shape index (κ1) is 12.9. The van der Waals surface area contributed by atoms with Crippen molar-refractivity contribution in [1.82, 2.24) is 9.88 Å². The number of rotatable bonds is 2. The molecule has 20 heavy (non-hydrogen) atoms. The van der Waals surface area contributed by atoms with E-state index in [2.05, 4.69) is 4.98 Å². The Morgan fingerprint density at radius 1 is 1.40 bits per heavy atom. The largest absolute Gasteiger partial charge is 0.466 e. The molecule has 4 heteroatoms. The van der Waals surface area contributed by atoms with Gasteiger partial charge in [-0.05, 0) is 44.9 Å². The van der Waals surface area contributed by atoms with E-state index >= 15 is 0 Å². The summed E-state index contributed by atoms with van der Waals surface area (Å²) < 4.78 is 5.47. The number of hydrogen-bond acceptors (Lipinski definition) is 3. The average Bonchev–Trinajstić information content (AvgIpc) is 3.05. The van der Waals surface area contributed by atoms with Crippen LogP contribution in [0.5, 0.6) is 0 Å². The van der Waals surface area contributed by atoms with Crippen molar-refractivity contribution in [1.29, 1.82) is 0 Å². The molecule has 0 aromatic carbocycles. The topological polar surface area (TPSA) is 46.3 Å². The molecule has 1 amide bonds. The SMILES string of the molecule is Cc1cc(C(=O)N2CCC[C@H]2c2ccccn2)c(C)o1. The van der Waals surface area contributed by atoms with Crippen LogP contribution < -0.4 is 0 Å². The molecule has 0 bridgehead atoms. The number of carbonyl (C=O) groups excluding carboxylic acids is 1. The molecule has 0 spiro atoms. The lowest BCUT2D eigenvalue weighted by Gasteiger charge is -2.24. The highest BCUT2D eigenvalue weighted by Crippen LogP contribution is 2.32. The van der Waals surface area contributed by atoms with Crippen molar-refractivity contribution < 1.29 is 9.21 Å². The maximum atomic E-state index is 12.7. The fourth-order valence-corrected chi connectivity index (χ4v) is 2.89. The molecule has 0 radical (unpaired) electrons. The van der Waals surface area contributed by atoms with Crippen molar-refractivity contribution in [2.75, 3.05) is 6.54 Å². The molecule has 0 aliphatic carbocycles. The third-order valence-corrected chi connectivity index (χ3v) is 3.81. The minimum absolute atomic E-state index is 0.0486. The lowest BCUT2D eigenvalue weighted by molar-refractivity contribution is 0.0731. The molecule has 104 valence electrons. The molecule has 1 atom stereocenters. The third kappa shape index (κ3) is 2.22. The van der Waals surface area contributed by atoms with E-state index in [0.29, 0.717) is 11.3 Å². The van der Waals surface area contributed by atoms with Gasteiger partial charge in [-0.25, -0.2) is 0 Å². The summed E-state index contributed by atoms with van der Waals surface area (Å²) >= 11 is 0. The Morgan fingerprint density at radius 2 is 2.25 bits per heavy atom. The Bertz CT molecular complexity index is 619. The lowest BCUT2D eigenvalue weighted by atomic mass is 10.1. The zero-order chi connectivity index (χ0) is 14.1. The van der Waals surface area contributed by atoms with Crippen LogP contribution in [0.4, 0.5) is 0 Å². The minimum Gasteiger partial charge on any atom is -0.466 e. The van der Waals surface area contributed by atoms with Gasteiger partial charge in [0.15, 0.2) is 0 Å². The van der Waals surface area contributed by atoms with Crippen LogP contribution in [0.15, 0.2) is 34.9 Å². The van der Waals surface area contributed by atoms with Crippen molar-refractivity contribution in [2.24, 2.45) is 0 Å². The van der Waals surface area contributed by atoms with E-state index in [4.69, 9.17) is 4.42 Å². The maximum absolute atomic E-state index is 12.7. The molecule has 1 saturated heterocycles. The van der Waals surface area contributed by atoms with Crippen molar-refractivity contribution in [3.63, 3.8) is 0 Å². The predicted octanol–water partition coefficient (Wildman–Crippen LogP) is 3.27. The smallest absolute Gasteiger partial charge is 0.257 e. The molecule has 0 unspecified atom stereocenters.